The Hall–Kier alpha value is -0.830. The second-order valence-corrected chi connectivity index (χ2v) is 6.53. The number of aliphatic hydroxyl groups excluding tert-OH is 1. The summed E-state index contributed by atoms with van der Waals surface area (Å²) in [5.41, 5.74) is 0.363. The fraction of sp³-hybridized carbons (Fsp3) is 0.800. The highest BCUT2D eigenvalue weighted by Gasteiger charge is 2.50. The number of carbonyl (C=O) groups is 1. The van der Waals surface area contributed by atoms with Crippen molar-refractivity contribution in [1.29, 1.82) is 0 Å². The first kappa shape index (κ1) is 13.6. The van der Waals surface area contributed by atoms with Crippen LogP contribution in [0.5, 0.6) is 0 Å². The van der Waals surface area contributed by atoms with Crippen LogP contribution in [0.2, 0.25) is 0 Å². The van der Waals surface area contributed by atoms with Crippen LogP contribution in [-0.4, -0.2) is 22.3 Å². The summed E-state index contributed by atoms with van der Waals surface area (Å²) < 4.78 is 0. The number of hydrogen-bond donors (Lipinski definition) is 2. The van der Waals surface area contributed by atoms with Crippen LogP contribution in [0.3, 0.4) is 0 Å². The average Bonchev–Trinajstić information content (AvgIpc) is 2.56. The Morgan fingerprint density at radius 2 is 2.11 bits per heavy atom. The van der Waals surface area contributed by atoms with Gasteiger partial charge in [-0.1, -0.05) is 26.8 Å². The molecule has 2 N–H and O–H groups in total. The van der Waals surface area contributed by atoms with Gasteiger partial charge in [-0.3, -0.25) is 0 Å². The van der Waals surface area contributed by atoms with E-state index in [1.165, 1.54) is 0 Å². The van der Waals surface area contributed by atoms with Crippen LogP contribution in [-0.2, 0) is 4.79 Å². The minimum Gasteiger partial charge on any atom is -0.478 e. The zero-order valence-corrected chi connectivity index (χ0v) is 11.5. The number of fused-ring (bicyclic) bond motifs is 1. The van der Waals surface area contributed by atoms with Crippen molar-refractivity contribution in [2.75, 3.05) is 0 Å². The van der Waals surface area contributed by atoms with E-state index in [0.717, 1.165) is 12.8 Å². The maximum absolute atomic E-state index is 11.2. The molecule has 2 aliphatic carbocycles. The van der Waals surface area contributed by atoms with Crippen LogP contribution in [0, 0.1) is 23.2 Å². The first-order chi connectivity index (χ1) is 8.36. The minimum atomic E-state index is -0.819. The Labute approximate surface area is 109 Å². The molecule has 4 atom stereocenters. The van der Waals surface area contributed by atoms with Crippen molar-refractivity contribution in [2.45, 2.75) is 52.6 Å². The fourth-order valence-corrected chi connectivity index (χ4v) is 3.86. The molecule has 1 saturated carbocycles. The van der Waals surface area contributed by atoms with E-state index in [4.69, 9.17) is 0 Å². The van der Waals surface area contributed by atoms with Gasteiger partial charge in [-0.2, -0.15) is 0 Å². The molecule has 1 fully saturated rings. The van der Waals surface area contributed by atoms with Crippen LogP contribution in [0.1, 0.15) is 46.5 Å². The number of carboxylic acids is 1. The third-order valence-electron chi connectivity index (χ3n) is 5.20. The van der Waals surface area contributed by atoms with Gasteiger partial charge in [-0.05, 0) is 43.4 Å². The second-order valence-electron chi connectivity index (χ2n) is 6.53. The molecule has 3 nitrogen and oxygen atoms in total. The summed E-state index contributed by atoms with van der Waals surface area (Å²) in [5.74, 6) is 0.424. The molecule has 3 heteroatoms. The standard InChI is InChI=1S/C15H24O3/c1-9(2)11-6-7-15(3)12(11)8-10(14(17)18)4-5-13(15)16/h8-9,11-13,16H,4-7H2,1-3H3,(H,17,18). The molecule has 0 spiro atoms. The lowest BCUT2D eigenvalue weighted by Gasteiger charge is -2.36. The molecule has 102 valence electrons. The summed E-state index contributed by atoms with van der Waals surface area (Å²) >= 11 is 0. The van der Waals surface area contributed by atoms with E-state index < -0.39 is 5.97 Å². The van der Waals surface area contributed by atoms with Crippen molar-refractivity contribution in [2.24, 2.45) is 23.2 Å². The summed E-state index contributed by atoms with van der Waals surface area (Å²) in [7, 11) is 0. The second kappa shape index (κ2) is 4.69. The van der Waals surface area contributed by atoms with Gasteiger partial charge in [-0.15, -0.1) is 0 Å². The highest BCUT2D eigenvalue weighted by Crippen LogP contribution is 2.54. The molecule has 0 radical (unpaired) electrons. The Morgan fingerprint density at radius 3 is 2.67 bits per heavy atom. The average molecular weight is 252 g/mol. The van der Waals surface area contributed by atoms with E-state index in [9.17, 15) is 15.0 Å². The summed E-state index contributed by atoms with van der Waals surface area (Å²) in [4.78, 5) is 11.2. The van der Waals surface area contributed by atoms with Gasteiger partial charge in [0.1, 0.15) is 0 Å². The molecule has 0 amide bonds. The minimum absolute atomic E-state index is 0.133. The van der Waals surface area contributed by atoms with Gasteiger partial charge in [0, 0.05) is 11.0 Å². The maximum atomic E-state index is 11.2. The lowest BCUT2D eigenvalue weighted by atomic mass is 9.71. The van der Waals surface area contributed by atoms with E-state index in [2.05, 4.69) is 20.8 Å². The molecule has 0 aromatic heterocycles. The quantitative estimate of drug-likeness (QED) is 0.794. The molecule has 0 bridgehead atoms. The van der Waals surface area contributed by atoms with Crippen LogP contribution in [0.25, 0.3) is 0 Å². The first-order valence-electron chi connectivity index (χ1n) is 6.98. The molecule has 0 aromatic rings. The number of carboxylic acid groups (broad SMARTS) is 1. The Bertz CT molecular complexity index is 372. The van der Waals surface area contributed by atoms with Crippen molar-refractivity contribution in [3.63, 3.8) is 0 Å². The van der Waals surface area contributed by atoms with Crippen molar-refractivity contribution < 1.29 is 15.0 Å². The summed E-state index contributed by atoms with van der Waals surface area (Å²) in [6, 6.07) is 0. The van der Waals surface area contributed by atoms with E-state index in [0.29, 0.717) is 30.3 Å². The third-order valence-corrected chi connectivity index (χ3v) is 5.20. The molecule has 0 aromatic carbocycles. The monoisotopic (exact) mass is 252 g/mol. The van der Waals surface area contributed by atoms with E-state index in [1.54, 1.807) is 0 Å². The van der Waals surface area contributed by atoms with Crippen molar-refractivity contribution in [1.82, 2.24) is 0 Å². The zero-order chi connectivity index (χ0) is 13.5. The largest absolute Gasteiger partial charge is 0.478 e. The smallest absolute Gasteiger partial charge is 0.331 e. The van der Waals surface area contributed by atoms with Crippen molar-refractivity contribution in [3.05, 3.63) is 11.6 Å². The highest BCUT2D eigenvalue weighted by molar-refractivity contribution is 5.86. The number of allylic oxidation sites excluding steroid dienone is 1. The lowest BCUT2D eigenvalue weighted by Crippen LogP contribution is -2.36. The molecular formula is C15H24O3. The summed E-state index contributed by atoms with van der Waals surface area (Å²) in [5, 5.41) is 19.6. The van der Waals surface area contributed by atoms with Gasteiger partial charge in [0.2, 0.25) is 0 Å². The highest BCUT2D eigenvalue weighted by atomic mass is 16.4. The summed E-state index contributed by atoms with van der Waals surface area (Å²) in [6.45, 7) is 6.52. The SMILES string of the molecule is CC(C)C1CCC2(C)C(O)CCC(C(=O)O)=CC12. The number of aliphatic hydroxyl groups is 1. The van der Waals surface area contributed by atoms with Gasteiger partial charge in [-0.25, -0.2) is 4.79 Å². The van der Waals surface area contributed by atoms with E-state index in [1.807, 2.05) is 6.08 Å². The van der Waals surface area contributed by atoms with E-state index in [-0.39, 0.29) is 17.4 Å². The third kappa shape index (κ3) is 2.09. The predicted molar refractivity (Wildman–Crippen MR) is 70.1 cm³/mol. The topological polar surface area (TPSA) is 57.5 Å². The molecule has 4 unspecified atom stereocenters. The molecule has 2 aliphatic rings. The molecule has 0 heterocycles. The maximum Gasteiger partial charge on any atom is 0.331 e. The van der Waals surface area contributed by atoms with Gasteiger partial charge < -0.3 is 10.2 Å². The van der Waals surface area contributed by atoms with Gasteiger partial charge in [0.05, 0.1) is 6.10 Å². The van der Waals surface area contributed by atoms with E-state index >= 15 is 0 Å². The van der Waals surface area contributed by atoms with Crippen molar-refractivity contribution in [3.8, 4) is 0 Å². The number of hydrogen-bond acceptors (Lipinski definition) is 2. The van der Waals surface area contributed by atoms with Gasteiger partial charge >= 0.3 is 5.97 Å². The predicted octanol–water partition coefficient (Wildman–Crippen LogP) is 2.84. The fourth-order valence-electron chi connectivity index (χ4n) is 3.86. The summed E-state index contributed by atoms with van der Waals surface area (Å²) in [6.07, 6.45) is 4.75. The van der Waals surface area contributed by atoms with Gasteiger partial charge in [0.25, 0.3) is 0 Å². The molecule has 18 heavy (non-hydrogen) atoms. The Balaban J connectivity index is 2.39. The number of aliphatic carboxylic acids is 1. The van der Waals surface area contributed by atoms with Crippen LogP contribution in [0.15, 0.2) is 11.6 Å². The molecule has 0 saturated heterocycles. The van der Waals surface area contributed by atoms with Gasteiger partial charge in [0.15, 0.2) is 0 Å². The lowest BCUT2D eigenvalue weighted by molar-refractivity contribution is -0.132. The molecule has 0 aliphatic heterocycles. The zero-order valence-electron chi connectivity index (χ0n) is 11.5. The number of rotatable bonds is 2. The normalized spacial score (nSPS) is 40.3. The van der Waals surface area contributed by atoms with Crippen LogP contribution < -0.4 is 0 Å². The molecular weight excluding hydrogens is 228 g/mol. The molecule has 2 rings (SSSR count). The van der Waals surface area contributed by atoms with Crippen molar-refractivity contribution >= 4 is 5.97 Å². The Morgan fingerprint density at radius 1 is 1.44 bits per heavy atom. The van der Waals surface area contributed by atoms with Crippen LogP contribution in [0.4, 0.5) is 0 Å². The van der Waals surface area contributed by atoms with Crippen LogP contribution >= 0.6 is 0 Å². The first-order valence-corrected chi connectivity index (χ1v) is 6.98. The Kier molecular flexibility index (Phi) is 3.54.